The second kappa shape index (κ2) is 2.61. The van der Waals surface area contributed by atoms with Gasteiger partial charge >= 0.3 is 0 Å². The molecule has 0 aromatic rings. The lowest BCUT2D eigenvalue weighted by molar-refractivity contribution is 0.0453. The van der Waals surface area contributed by atoms with Crippen molar-refractivity contribution >= 4 is 46.4 Å². The molecule has 0 aromatic heterocycles. The van der Waals surface area contributed by atoms with Gasteiger partial charge in [-0.05, 0) is 0 Å². The highest BCUT2D eigenvalue weighted by molar-refractivity contribution is 6.66. The lowest BCUT2D eigenvalue weighted by Gasteiger charge is -2.07. The number of epoxide rings is 1. The van der Waals surface area contributed by atoms with E-state index in [2.05, 4.69) is 9.47 Å². The first-order valence-electron chi connectivity index (χ1n) is 2.03. The van der Waals surface area contributed by atoms with E-state index in [0.717, 1.165) is 0 Å². The van der Waals surface area contributed by atoms with Crippen molar-refractivity contribution in [3.63, 3.8) is 0 Å². The molecule has 2 atom stereocenters. The average molecular weight is 212 g/mol. The van der Waals surface area contributed by atoms with Crippen LogP contribution < -0.4 is 0 Å². The fourth-order valence-electron chi connectivity index (χ4n) is 0.296. The van der Waals surface area contributed by atoms with Crippen molar-refractivity contribution in [2.24, 2.45) is 0 Å². The van der Waals surface area contributed by atoms with Gasteiger partial charge in [0, 0.05) is 0 Å². The third kappa shape index (κ3) is 3.12. The van der Waals surface area contributed by atoms with Crippen LogP contribution in [-0.4, -0.2) is 15.8 Å². The molecule has 0 saturated carbocycles. The van der Waals surface area contributed by atoms with Gasteiger partial charge < -0.3 is 9.47 Å². The zero-order chi connectivity index (χ0) is 7.07. The van der Waals surface area contributed by atoms with Crippen molar-refractivity contribution in [1.29, 1.82) is 0 Å². The molecule has 1 saturated heterocycles. The van der Waals surface area contributed by atoms with Gasteiger partial charge in [0.25, 0.3) is 3.98 Å². The molecule has 0 aliphatic carbocycles. The van der Waals surface area contributed by atoms with E-state index in [1.54, 1.807) is 0 Å². The van der Waals surface area contributed by atoms with Gasteiger partial charge in [-0.25, -0.2) is 0 Å². The molecular formula is C3H2Cl4O2. The molecule has 0 spiro atoms. The number of ether oxygens (including phenoxy) is 2. The first-order chi connectivity index (χ1) is 3.99. The minimum Gasteiger partial charge on any atom is -0.324 e. The summed E-state index contributed by atoms with van der Waals surface area (Å²) >= 11 is 20.9. The second-order valence-corrected chi connectivity index (χ2v) is 4.03. The van der Waals surface area contributed by atoms with Crippen LogP contribution in [0.4, 0.5) is 0 Å². The van der Waals surface area contributed by atoms with Gasteiger partial charge in [0.1, 0.15) is 0 Å². The molecule has 2 nitrogen and oxygen atoms in total. The lowest BCUT2D eigenvalue weighted by atomic mass is 10.9. The Bertz CT molecular complexity index is 111. The maximum absolute atomic E-state index is 5.33. The highest BCUT2D eigenvalue weighted by atomic mass is 35.6. The number of hydrogen-bond acceptors (Lipinski definition) is 2. The molecule has 1 rings (SSSR count). The Hall–Kier alpha value is 1.08. The quantitative estimate of drug-likeness (QED) is 0.491. The van der Waals surface area contributed by atoms with Gasteiger partial charge in [-0.15, -0.1) is 0 Å². The van der Waals surface area contributed by atoms with E-state index in [9.17, 15) is 0 Å². The maximum atomic E-state index is 5.33. The Morgan fingerprint density at radius 1 is 1.33 bits per heavy atom. The van der Waals surface area contributed by atoms with E-state index >= 15 is 0 Å². The number of halogens is 4. The average Bonchev–Trinajstić information content (AvgIpc) is 2.13. The largest absolute Gasteiger partial charge is 0.324 e. The van der Waals surface area contributed by atoms with Crippen molar-refractivity contribution in [2.45, 2.75) is 15.8 Å². The third-order valence-corrected chi connectivity index (χ3v) is 1.23. The van der Waals surface area contributed by atoms with Gasteiger partial charge in [0.2, 0.25) is 6.29 Å². The van der Waals surface area contributed by atoms with Crippen LogP contribution in [0.5, 0.6) is 0 Å². The standard InChI is InChI=1S/C3H2Cl4O2/c4-1-2(8-1)9-3(5,6)7/h1-2H. The zero-order valence-corrected chi connectivity index (χ0v) is 7.01. The van der Waals surface area contributed by atoms with Crippen LogP contribution in [-0.2, 0) is 9.47 Å². The van der Waals surface area contributed by atoms with Gasteiger partial charge in [0.05, 0.1) is 0 Å². The minimum atomic E-state index is -1.73. The molecule has 0 amide bonds. The summed E-state index contributed by atoms with van der Waals surface area (Å²) in [4.78, 5) is 0. The predicted molar refractivity (Wildman–Crippen MR) is 35.9 cm³/mol. The SMILES string of the molecule is ClC1OC1OC(Cl)(Cl)Cl. The van der Waals surface area contributed by atoms with Crippen LogP contribution in [0.3, 0.4) is 0 Å². The highest BCUT2D eigenvalue weighted by Crippen LogP contribution is 2.37. The molecular weight excluding hydrogens is 210 g/mol. The molecule has 54 valence electrons. The van der Waals surface area contributed by atoms with Gasteiger partial charge in [0.15, 0.2) is 5.56 Å². The van der Waals surface area contributed by atoms with Crippen LogP contribution in [0.1, 0.15) is 0 Å². The molecule has 2 unspecified atom stereocenters. The van der Waals surface area contributed by atoms with Crippen LogP contribution >= 0.6 is 46.4 Å². The molecule has 1 aliphatic rings. The topological polar surface area (TPSA) is 21.8 Å². The smallest absolute Gasteiger partial charge is 0.299 e. The number of rotatable bonds is 1. The van der Waals surface area contributed by atoms with E-state index in [1.807, 2.05) is 0 Å². The Kier molecular flexibility index (Phi) is 2.37. The van der Waals surface area contributed by atoms with E-state index in [-0.39, 0.29) is 0 Å². The van der Waals surface area contributed by atoms with E-state index in [4.69, 9.17) is 46.4 Å². The fraction of sp³-hybridized carbons (Fsp3) is 1.00. The lowest BCUT2D eigenvalue weighted by Crippen LogP contribution is -2.11. The molecule has 0 N–H and O–H groups in total. The van der Waals surface area contributed by atoms with Gasteiger partial charge in [-0.2, -0.15) is 0 Å². The van der Waals surface area contributed by atoms with Crippen LogP contribution in [0.25, 0.3) is 0 Å². The van der Waals surface area contributed by atoms with Crippen LogP contribution in [0, 0.1) is 0 Å². The molecule has 1 heterocycles. The number of hydrogen-bond donors (Lipinski definition) is 0. The maximum Gasteiger partial charge on any atom is 0.299 e. The second-order valence-electron chi connectivity index (χ2n) is 1.42. The van der Waals surface area contributed by atoms with Crippen LogP contribution in [0.2, 0.25) is 0 Å². The van der Waals surface area contributed by atoms with Gasteiger partial charge in [-0.1, -0.05) is 46.4 Å². The third-order valence-electron chi connectivity index (χ3n) is 0.651. The summed E-state index contributed by atoms with van der Waals surface area (Å²) in [7, 11) is 0. The van der Waals surface area contributed by atoms with Gasteiger partial charge in [-0.3, -0.25) is 0 Å². The normalized spacial score (nSPS) is 34.7. The van der Waals surface area contributed by atoms with Crippen molar-refractivity contribution in [1.82, 2.24) is 0 Å². The minimum absolute atomic E-state index is 0.472. The summed E-state index contributed by atoms with van der Waals surface area (Å²) in [6, 6.07) is 0. The highest BCUT2D eigenvalue weighted by Gasteiger charge is 2.43. The van der Waals surface area contributed by atoms with Crippen molar-refractivity contribution in [3.05, 3.63) is 0 Å². The number of alkyl halides is 4. The summed E-state index contributed by atoms with van der Waals surface area (Å²) in [5.41, 5.74) is -0.472. The first-order valence-corrected chi connectivity index (χ1v) is 3.60. The molecule has 0 radical (unpaired) electrons. The molecule has 6 heteroatoms. The first kappa shape index (κ1) is 8.18. The van der Waals surface area contributed by atoms with Crippen molar-refractivity contribution < 1.29 is 9.47 Å². The van der Waals surface area contributed by atoms with Crippen LogP contribution in [0.15, 0.2) is 0 Å². The molecule has 1 aliphatic heterocycles. The zero-order valence-electron chi connectivity index (χ0n) is 3.98. The Morgan fingerprint density at radius 3 is 1.89 bits per heavy atom. The molecule has 0 aromatic carbocycles. The Balaban J connectivity index is 2.19. The van der Waals surface area contributed by atoms with E-state index < -0.39 is 15.8 Å². The summed E-state index contributed by atoms with van der Waals surface area (Å²) in [6.07, 6.45) is -0.570. The van der Waals surface area contributed by atoms with Crippen molar-refractivity contribution in [2.75, 3.05) is 0 Å². The molecule has 9 heavy (non-hydrogen) atoms. The van der Waals surface area contributed by atoms with E-state index in [1.165, 1.54) is 0 Å². The van der Waals surface area contributed by atoms with E-state index in [0.29, 0.717) is 0 Å². The Morgan fingerprint density at radius 2 is 1.78 bits per heavy atom. The monoisotopic (exact) mass is 210 g/mol. The summed E-state index contributed by atoms with van der Waals surface area (Å²) in [5.74, 6) is 0. The predicted octanol–water partition coefficient (Wildman–Crippen LogP) is 2.25. The Labute approximate surface area is 71.9 Å². The summed E-state index contributed by atoms with van der Waals surface area (Å²) in [5, 5.41) is 0. The fourth-order valence-corrected chi connectivity index (χ4v) is 0.712. The molecule has 1 fully saturated rings. The summed E-state index contributed by atoms with van der Waals surface area (Å²) in [6.45, 7) is 0. The van der Waals surface area contributed by atoms with Crippen molar-refractivity contribution in [3.8, 4) is 0 Å². The summed E-state index contributed by atoms with van der Waals surface area (Å²) < 4.78 is 7.46. The molecule has 0 bridgehead atoms.